The number of rotatable bonds is 7. The number of hydrogen-bond acceptors (Lipinski definition) is 4. The third-order valence-corrected chi connectivity index (χ3v) is 3.58. The number of nitrogens with zero attached hydrogens (tertiary/aromatic N) is 2. The molecule has 1 unspecified atom stereocenters. The van der Waals surface area contributed by atoms with Gasteiger partial charge in [-0.25, -0.2) is 4.68 Å². The second kappa shape index (κ2) is 7.27. The number of aliphatic carboxylic acids is 1. The zero-order valence-electron chi connectivity index (χ0n) is 13.9. The molecule has 0 aliphatic rings. The number of ether oxygens (including phenoxy) is 1. The normalized spacial score (nSPS) is 13.3. The van der Waals surface area contributed by atoms with Crippen LogP contribution in [0.3, 0.4) is 0 Å². The lowest BCUT2D eigenvalue weighted by molar-refractivity contribution is -0.139. The Morgan fingerprint density at radius 3 is 2.58 bits per heavy atom. The summed E-state index contributed by atoms with van der Waals surface area (Å²) in [6.45, 7) is 3.47. The smallest absolute Gasteiger partial charge is 0.305 e. The molecule has 0 saturated heterocycles. The Bertz CT molecular complexity index is 727. The van der Waals surface area contributed by atoms with Crippen LogP contribution in [0.2, 0.25) is 0 Å². The van der Waals surface area contributed by atoms with Gasteiger partial charge < -0.3 is 15.2 Å². The fourth-order valence-electron chi connectivity index (χ4n) is 2.52. The Kier molecular flexibility index (Phi) is 5.35. The maximum Gasteiger partial charge on any atom is 0.305 e. The van der Waals surface area contributed by atoms with E-state index >= 15 is 0 Å². The first kappa shape index (κ1) is 17.7. The summed E-state index contributed by atoms with van der Waals surface area (Å²) in [6, 6.07) is 9.43. The summed E-state index contributed by atoms with van der Waals surface area (Å²) >= 11 is 0. The highest BCUT2D eigenvalue weighted by Crippen LogP contribution is 2.15. The highest BCUT2D eigenvalue weighted by Gasteiger charge is 2.31. The third-order valence-electron chi connectivity index (χ3n) is 3.58. The maximum absolute atomic E-state index is 12.6. The Hall–Kier alpha value is -2.67. The third kappa shape index (κ3) is 4.20. The number of benzene rings is 1. The molecule has 0 fully saturated rings. The number of hydrogen-bond donors (Lipinski definition) is 2. The van der Waals surface area contributed by atoms with Crippen LogP contribution in [0.15, 0.2) is 36.5 Å². The molecule has 0 aliphatic carbocycles. The predicted octanol–water partition coefficient (Wildman–Crippen LogP) is 1.79. The summed E-state index contributed by atoms with van der Waals surface area (Å²) in [5.41, 5.74) is 0.793. The number of carboxylic acids is 1. The zero-order valence-corrected chi connectivity index (χ0v) is 13.9. The van der Waals surface area contributed by atoms with Gasteiger partial charge in [0.2, 0.25) is 0 Å². The van der Waals surface area contributed by atoms with Crippen molar-refractivity contribution < 1.29 is 19.4 Å². The van der Waals surface area contributed by atoms with E-state index in [1.54, 1.807) is 24.7 Å². The second-order valence-electron chi connectivity index (χ2n) is 5.93. The van der Waals surface area contributed by atoms with E-state index in [4.69, 9.17) is 9.84 Å². The second-order valence-corrected chi connectivity index (χ2v) is 5.93. The van der Waals surface area contributed by atoms with E-state index in [-0.39, 0.29) is 18.9 Å². The minimum absolute atomic E-state index is 0.0942. The molecule has 1 atom stereocenters. The molecule has 128 valence electrons. The molecule has 7 nitrogen and oxygen atoms in total. The highest BCUT2D eigenvalue weighted by atomic mass is 16.5. The summed E-state index contributed by atoms with van der Waals surface area (Å²) in [6.07, 6.45) is 1.40. The first-order valence-electron chi connectivity index (χ1n) is 7.49. The van der Waals surface area contributed by atoms with Crippen LogP contribution in [0.25, 0.3) is 5.69 Å². The molecule has 1 heterocycles. The average molecular weight is 331 g/mol. The van der Waals surface area contributed by atoms with Crippen molar-refractivity contribution >= 4 is 11.9 Å². The molecule has 0 aliphatic heterocycles. The van der Waals surface area contributed by atoms with Gasteiger partial charge in [-0.2, -0.15) is 5.10 Å². The number of para-hydroxylation sites is 1. The molecule has 0 spiro atoms. The minimum Gasteiger partial charge on any atom is -0.481 e. The molecule has 1 amide bonds. The Labute approximate surface area is 140 Å². The van der Waals surface area contributed by atoms with Crippen LogP contribution in [0.1, 0.15) is 29.4 Å². The van der Waals surface area contributed by atoms with Gasteiger partial charge in [-0.15, -0.1) is 0 Å². The molecule has 2 aromatic rings. The number of aryl methyl sites for hydroxylation is 1. The Morgan fingerprint density at radius 1 is 1.33 bits per heavy atom. The molecule has 1 aromatic carbocycles. The summed E-state index contributed by atoms with van der Waals surface area (Å²) in [7, 11) is 1.46. The van der Waals surface area contributed by atoms with Crippen molar-refractivity contribution in [3.63, 3.8) is 0 Å². The monoisotopic (exact) mass is 331 g/mol. The number of carboxylic acid groups (broad SMARTS) is 1. The van der Waals surface area contributed by atoms with E-state index in [0.717, 1.165) is 5.69 Å². The van der Waals surface area contributed by atoms with Gasteiger partial charge in [0.15, 0.2) is 0 Å². The van der Waals surface area contributed by atoms with E-state index in [9.17, 15) is 9.59 Å². The van der Waals surface area contributed by atoms with Gasteiger partial charge in [0.05, 0.1) is 35.5 Å². The average Bonchev–Trinajstić information content (AvgIpc) is 2.89. The van der Waals surface area contributed by atoms with E-state index in [1.165, 1.54) is 7.11 Å². The topological polar surface area (TPSA) is 93.5 Å². The lowest BCUT2D eigenvalue weighted by atomic mass is 9.98. The summed E-state index contributed by atoms with van der Waals surface area (Å²) in [5, 5.41) is 16.1. The lowest BCUT2D eigenvalue weighted by Crippen LogP contribution is -2.50. The first-order chi connectivity index (χ1) is 11.3. The van der Waals surface area contributed by atoms with Crippen LogP contribution >= 0.6 is 0 Å². The SMILES string of the molecule is COCC(C)(CC(=O)O)NC(=O)c1cn(-c2ccccc2)nc1C. The van der Waals surface area contributed by atoms with Gasteiger partial charge in [-0.05, 0) is 26.0 Å². The summed E-state index contributed by atoms with van der Waals surface area (Å²) in [5.74, 6) is -1.39. The molecular formula is C17H21N3O4. The van der Waals surface area contributed by atoms with Crippen LogP contribution in [0.4, 0.5) is 0 Å². The number of carbonyl (C=O) groups is 2. The van der Waals surface area contributed by atoms with E-state index in [0.29, 0.717) is 11.3 Å². The fourth-order valence-corrected chi connectivity index (χ4v) is 2.52. The summed E-state index contributed by atoms with van der Waals surface area (Å²) < 4.78 is 6.67. The van der Waals surface area contributed by atoms with Crippen LogP contribution in [0, 0.1) is 6.92 Å². The van der Waals surface area contributed by atoms with Crippen LogP contribution in [-0.2, 0) is 9.53 Å². The fraction of sp³-hybridized carbons (Fsp3) is 0.353. The van der Waals surface area contributed by atoms with Crippen LogP contribution in [0.5, 0.6) is 0 Å². The Balaban J connectivity index is 2.23. The molecule has 0 bridgehead atoms. The van der Waals surface area contributed by atoms with Gasteiger partial charge in [-0.3, -0.25) is 9.59 Å². The molecular weight excluding hydrogens is 310 g/mol. The number of aromatic nitrogens is 2. The predicted molar refractivity (Wildman–Crippen MR) is 88.3 cm³/mol. The largest absolute Gasteiger partial charge is 0.481 e. The number of methoxy groups -OCH3 is 1. The first-order valence-corrected chi connectivity index (χ1v) is 7.49. The van der Waals surface area contributed by atoms with Gasteiger partial charge in [0, 0.05) is 13.3 Å². The van der Waals surface area contributed by atoms with Crippen molar-refractivity contribution in [2.75, 3.05) is 13.7 Å². The molecule has 24 heavy (non-hydrogen) atoms. The quantitative estimate of drug-likeness (QED) is 0.807. The van der Waals surface area contributed by atoms with Gasteiger partial charge in [0.25, 0.3) is 5.91 Å². The maximum atomic E-state index is 12.6. The highest BCUT2D eigenvalue weighted by molar-refractivity contribution is 5.95. The standard InChI is InChI=1S/C17H21N3O4/c1-12-14(10-20(19-12)13-7-5-4-6-8-13)16(23)18-17(2,11-24-3)9-15(21)22/h4-8,10H,9,11H2,1-3H3,(H,18,23)(H,21,22). The number of carbonyl (C=O) groups excluding carboxylic acids is 1. The van der Waals surface area contributed by atoms with E-state index in [1.807, 2.05) is 30.3 Å². The zero-order chi connectivity index (χ0) is 17.7. The minimum atomic E-state index is -1.01. The van der Waals surface area contributed by atoms with Crippen molar-refractivity contribution in [1.82, 2.24) is 15.1 Å². The van der Waals surface area contributed by atoms with Crippen molar-refractivity contribution in [2.45, 2.75) is 25.8 Å². The summed E-state index contributed by atoms with van der Waals surface area (Å²) in [4.78, 5) is 23.6. The van der Waals surface area contributed by atoms with Gasteiger partial charge in [0.1, 0.15) is 0 Å². The van der Waals surface area contributed by atoms with Crippen molar-refractivity contribution in [1.29, 1.82) is 0 Å². The number of amides is 1. The van der Waals surface area contributed by atoms with Crippen LogP contribution in [-0.4, -0.2) is 46.0 Å². The van der Waals surface area contributed by atoms with Crippen molar-refractivity contribution in [3.05, 3.63) is 47.8 Å². The molecule has 0 saturated carbocycles. The van der Waals surface area contributed by atoms with E-state index < -0.39 is 11.5 Å². The van der Waals surface area contributed by atoms with Gasteiger partial charge >= 0.3 is 5.97 Å². The Morgan fingerprint density at radius 2 is 2.00 bits per heavy atom. The molecule has 2 rings (SSSR count). The molecule has 0 radical (unpaired) electrons. The molecule has 2 N–H and O–H groups in total. The van der Waals surface area contributed by atoms with E-state index in [2.05, 4.69) is 10.4 Å². The molecule has 7 heteroatoms. The van der Waals surface area contributed by atoms with Crippen molar-refractivity contribution in [2.24, 2.45) is 0 Å². The lowest BCUT2D eigenvalue weighted by Gasteiger charge is -2.28. The van der Waals surface area contributed by atoms with Crippen LogP contribution < -0.4 is 5.32 Å². The van der Waals surface area contributed by atoms with Crippen molar-refractivity contribution in [3.8, 4) is 5.69 Å². The number of nitrogens with one attached hydrogen (secondary N) is 1. The van der Waals surface area contributed by atoms with Gasteiger partial charge in [-0.1, -0.05) is 18.2 Å². The molecule has 1 aromatic heterocycles.